The van der Waals surface area contributed by atoms with Gasteiger partial charge < -0.3 is 15.5 Å². The minimum absolute atomic E-state index is 0.0259. The molecule has 0 aliphatic heterocycles. The van der Waals surface area contributed by atoms with Crippen LogP contribution in [0.3, 0.4) is 0 Å². The van der Waals surface area contributed by atoms with Gasteiger partial charge in [0, 0.05) is 9.99 Å². The fourth-order valence-corrected chi connectivity index (χ4v) is 2.53. The summed E-state index contributed by atoms with van der Waals surface area (Å²) in [4.78, 5) is 17.0. The monoisotopic (exact) mass is 514 g/mol. The number of aliphatic hydroxyl groups is 2. The van der Waals surface area contributed by atoms with Gasteiger partial charge in [-0.25, -0.2) is 23.0 Å². The first-order valence-electron chi connectivity index (χ1n) is 7.85. The fourth-order valence-electron chi connectivity index (χ4n) is 2.08. The molecule has 2 aromatic carbocycles. The number of nitrogens with one attached hydrogen (secondary N) is 2. The van der Waals surface area contributed by atoms with Crippen LogP contribution in [0.2, 0.25) is 0 Å². The Hall–Kier alpha value is -1.96. The van der Waals surface area contributed by atoms with Crippen molar-refractivity contribution in [1.29, 1.82) is 0 Å². The first-order chi connectivity index (χ1) is 13.2. The molecular formula is C17H15F4IN2O4. The molecule has 0 bridgehead atoms. The van der Waals surface area contributed by atoms with Crippen molar-refractivity contribution in [3.05, 3.63) is 56.7 Å². The maximum atomic E-state index is 14.2. The standard InChI is InChI=1S/C17H15F4IN2O4/c18-11-5-8(22)1-2-13(11)23-16-10(6-12(19)14(20)15(16)21)17(27)24-28-4-3-9(26)7-25/h1-2,5-6,9,23,25-26H,3-4,7H2,(H,24,27). The highest BCUT2D eigenvalue weighted by Gasteiger charge is 2.24. The van der Waals surface area contributed by atoms with E-state index in [1.807, 2.05) is 28.1 Å². The van der Waals surface area contributed by atoms with Gasteiger partial charge >= 0.3 is 0 Å². The predicted octanol–water partition coefficient (Wildman–Crippen LogP) is 3.00. The van der Waals surface area contributed by atoms with E-state index in [0.717, 1.165) is 6.07 Å². The number of halogens is 5. The van der Waals surface area contributed by atoms with Crippen molar-refractivity contribution in [2.45, 2.75) is 12.5 Å². The van der Waals surface area contributed by atoms with Crippen molar-refractivity contribution >= 4 is 39.9 Å². The third kappa shape index (κ3) is 5.53. The minimum Gasteiger partial charge on any atom is -0.394 e. The van der Waals surface area contributed by atoms with Crippen molar-refractivity contribution in [1.82, 2.24) is 5.48 Å². The lowest BCUT2D eigenvalue weighted by Gasteiger charge is -2.15. The molecule has 0 heterocycles. The Morgan fingerprint density at radius 3 is 2.50 bits per heavy atom. The molecule has 0 aromatic heterocycles. The van der Waals surface area contributed by atoms with Crippen LogP contribution in [0.5, 0.6) is 0 Å². The second kappa shape index (κ2) is 10.0. The summed E-state index contributed by atoms with van der Waals surface area (Å²) in [7, 11) is 0. The summed E-state index contributed by atoms with van der Waals surface area (Å²) >= 11 is 1.85. The van der Waals surface area contributed by atoms with Gasteiger partial charge in [-0.3, -0.25) is 9.63 Å². The minimum atomic E-state index is -1.84. The summed E-state index contributed by atoms with van der Waals surface area (Å²) in [6, 6.07) is 4.29. The lowest BCUT2D eigenvalue weighted by Crippen LogP contribution is -2.27. The van der Waals surface area contributed by atoms with Crippen molar-refractivity contribution < 1.29 is 37.4 Å². The normalized spacial score (nSPS) is 12.0. The Morgan fingerprint density at radius 2 is 1.86 bits per heavy atom. The zero-order valence-electron chi connectivity index (χ0n) is 14.1. The molecule has 6 nitrogen and oxygen atoms in total. The molecule has 0 aliphatic carbocycles. The van der Waals surface area contributed by atoms with Gasteiger partial charge in [0.15, 0.2) is 17.5 Å². The number of hydrogen-bond acceptors (Lipinski definition) is 5. The van der Waals surface area contributed by atoms with Crippen molar-refractivity contribution in [2.24, 2.45) is 0 Å². The molecule has 0 aliphatic rings. The van der Waals surface area contributed by atoms with Crippen LogP contribution in [0.15, 0.2) is 24.3 Å². The van der Waals surface area contributed by atoms with E-state index < -0.39 is 53.1 Å². The summed E-state index contributed by atoms with van der Waals surface area (Å²) in [5.74, 6) is -7.09. The van der Waals surface area contributed by atoms with Crippen molar-refractivity contribution in [3.63, 3.8) is 0 Å². The van der Waals surface area contributed by atoms with E-state index in [4.69, 9.17) is 15.1 Å². The highest BCUT2D eigenvalue weighted by molar-refractivity contribution is 14.1. The molecule has 11 heteroatoms. The first kappa shape index (κ1) is 22.3. The zero-order chi connectivity index (χ0) is 20.8. The second-order valence-corrected chi connectivity index (χ2v) is 6.81. The lowest BCUT2D eigenvalue weighted by atomic mass is 10.1. The second-order valence-electron chi connectivity index (χ2n) is 5.56. The summed E-state index contributed by atoms with van der Waals surface area (Å²) in [6.07, 6.45) is -1.10. The van der Waals surface area contributed by atoms with Crippen molar-refractivity contribution in [2.75, 3.05) is 18.5 Å². The highest BCUT2D eigenvalue weighted by atomic mass is 127. The third-order valence-electron chi connectivity index (χ3n) is 3.53. The number of carbonyl (C=O) groups is 1. The van der Waals surface area contributed by atoms with Crippen LogP contribution in [0, 0.1) is 26.8 Å². The van der Waals surface area contributed by atoms with Gasteiger partial charge in [0.2, 0.25) is 0 Å². The number of anilines is 2. The number of aliphatic hydroxyl groups excluding tert-OH is 2. The van der Waals surface area contributed by atoms with Crippen molar-refractivity contribution in [3.8, 4) is 0 Å². The first-order valence-corrected chi connectivity index (χ1v) is 8.93. The van der Waals surface area contributed by atoms with E-state index in [9.17, 15) is 22.4 Å². The van der Waals surface area contributed by atoms with E-state index in [0.29, 0.717) is 9.64 Å². The summed E-state index contributed by atoms with van der Waals surface area (Å²) in [5, 5.41) is 20.1. The number of hydrogen-bond donors (Lipinski definition) is 4. The summed E-state index contributed by atoms with van der Waals surface area (Å²) < 4.78 is 56.0. The molecule has 152 valence electrons. The maximum absolute atomic E-state index is 14.2. The Bertz CT molecular complexity index is 870. The average molecular weight is 514 g/mol. The molecule has 1 unspecified atom stereocenters. The average Bonchev–Trinajstić information content (AvgIpc) is 2.66. The van der Waals surface area contributed by atoms with Gasteiger partial charge in [0.05, 0.1) is 36.3 Å². The number of rotatable bonds is 8. The van der Waals surface area contributed by atoms with Crippen LogP contribution >= 0.6 is 22.6 Å². The molecule has 4 N–H and O–H groups in total. The number of hydroxylamine groups is 1. The Kier molecular flexibility index (Phi) is 7.98. The van der Waals surface area contributed by atoms with Gasteiger partial charge in [-0.1, -0.05) is 0 Å². The van der Waals surface area contributed by atoms with E-state index in [1.165, 1.54) is 12.1 Å². The van der Waals surface area contributed by atoms with Crippen LogP contribution in [0.25, 0.3) is 0 Å². The topological polar surface area (TPSA) is 90.8 Å². The molecule has 0 fully saturated rings. The van der Waals surface area contributed by atoms with Crippen LogP contribution in [-0.4, -0.2) is 35.4 Å². The van der Waals surface area contributed by atoms with E-state index in [1.54, 1.807) is 0 Å². The Morgan fingerprint density at radius 1 is 1.14 bits per heavy atom. The van der Waals surface area contributed by atoms with Gasteiger partial charge in [0.1, 0.15) is 5.82 Å². The number of benzene rings is 2. The van der Waals surface area contributed by atoms with Gasteiger partial charge in [0.25, 0.3) is 5.91 Å². The van der Waals surface area contributed by atoms with Crippen LogP contribution in [-0.2, 0) is 4.84 Å². The molecule has 2 aromatic rings. The largest absolute Gasteiger partial charge is 0.394 e. The van der Waals surface area contributed by atoms with Gasteiger partial charge in [-0.15, -0.1) is 0 Å². The molecule has 0 saturated heterocycles. The van der Waals surface area contributed by atoms with E-state index >= 15 is 0 Å². The van der Waals surface area contributed by atoms with Gasteiger partial charge in [-0.05, 0) is 46.9 Å². The van der Waals surface area contributed by atoms with E-state index in [2.05, 4.69) is 5.32 Å². The van der Waals surface area contributed by atoms with Crippen LogP contribution in [0.4, 0.5) is 28.9 Å². The smallest absolute Gasteiger partial charge is 0.277 e. The third-order valence-corrected chi connectivity index (χ3v) is 4.20. The zero-order valence-corrected chi connectivity index (χ0v) is 16.3. The maximum Gasteiger partial charge on any atom is 0.277 e. The molecule has 1 amide bonds. The SMILES string of the molecule is O=C(NOCCC(O)CO)c1cc(F)c(F)c(F)c1Nc1ccc(I)cc1F. The van der Waals surface area contributed by atoms with Crippen LogP contribution < -0.4 is 10.8 Å². The lowest BCUT2D eigenvalue weighted by molar-refractivity contribution is 0.00702. The van der Waals surface area contributed by atoms with E-state index in [-0.39, 0.29) is 18.7 Å². The summed E-state index contributed by atoms with van der Waals surface area (Å²) in [6.45, 7) is -0.727. The molecule has 1 atom stereocenters. The molecule has 0 spiro atoms. The highest BCUT2D eigenvalue weighted by Crippen LogP contribution is 2.30. The number of carbonyl (C=O) groups excluding carboxylic acids is 1. The molecule has 28 heavy (non-hydrogen) atoms. The fraction of sp³-hybridized carbons (Fsp3) is 0.235. The Labute approximate surface area is 170 Å². The molecular weight excluding hydrogens is 499 g/mol. The Balaban J connectivity index is 2.26. The van der Waals surface area contributed by atoms with Crippen LogP contribution in [0.1, 0.15) is 16.8 Å². The molecule has 2 rings (SSSR count). The molecule has 0 saturated carbocycles. The molecule has 0 radical (unpaired) electrons. The van der Waals surface area contributed by atoms with Gasteiger partial charge in [-0.2, -0.15) is 0 Å². The predicted molar refractivity (Wildman–Crippen MR) is 99.8 cm³/mol. The quantitative estimate of drug-likeness (QED) is 0.143. The number of amides is 1. The summed E-state index contributed by atoms with van der Waals surface area (Å²) in [5.41, 5.74) is 0.170.